The number of hydrogen-bond donors (Lipinski definition) is 1. The van der Waals surface area contributed by atoms with Crippen molar-refractivity contribution in [3.8, 4) is 0 Å². The van der Waals surface area contributed by atoms with Crippen molar-refractivity contribution < 1.29 is 13.9 Å². The maximum atomic E-state index is 13.4. The number of ether oxygens (including phenoxy) is 1. The summed E-state index contributed by atoms with van der Waals surface area (Å²) in [6.45, 7) is 8.46. The highest BCUT2D eigenvalue weighted by molar-refractivity contribution is 6.00. The smallest absolute Gasteiger partial charge is 0.257 e. The van der Waals surface area contributed by atoms with Crippen LogP contribution in [0.5, 0.6) is 0 Å². The SMILES string of the molecule is C=C1C(=N/C=C(\C)F)OC[C@@H](C)NC(=O)c2cnn3ccc(nc23)N2CC[C@H]3C[C@]132. The first kappa shape index (κ1) is 18.8. The molecule has 1 N–H and O–H groups in total. The number of aromatic nitrogens is 3. The zero-order valence-corrected chi connectivity index (χ0v) is 16.9. The van der Waals surface area contributed by atoms with Crippen molar-refractivity contribution in [2.75, 3.05) is 18.1 Å². The van der Waals surface area contributed by atoms with E-state index in [-0.39, 0.29) is 24.1 Å². The molecule has 2 fully saturated rings. The largest absolute Gasteiger partial charge is 0.475 e. The van der Waals surface area contributed by atoms with Crippen LogP contribution in [0.15, 0.2) is 47.6 Å². The van der Waals surface area contributed by atoms with Crippen LogP contribution in [0.3, 0.4) is 0 Å². The Morgan fingerprint density at radius 2 is 2.37 bits per heavy atom. The van der Waals surface area contributed by atoms with Gasteiger partial charge in [0, 0.05) is 18.3 Å². The van der Waals surface area contributed by atoms with Gasteiger partial charge >= 0.3 is 0 Å². The molecule has 1 amide bonds. The Morgan fingerprint density at radius 1 is 1.53 bits per heavy atom. The van der Waals surface area contributed by atoms with Crippen LogP contribution in [-0.4, -0.2) is 51.1 Å². The molecule has 5 rings (SSSR count). The van der Waals surface area contributed by atoms with Gasteiger partial charge in [-0.05, 0) is 38.7 Å². The summed E-state index contributed by atoms with van der Waals surface area (Å²) >= 11 is 0. The number of carbonyl (C=O) groups is 1. The zero-order chi connectivity index (χ0) is 21.0. The first-order chi connectivity index (χ1) is 14.4. The molecule has 2 aliphatic heterocycles. The number of piperidine rings is 1. The van der Waals surface area contributed by atoms with Crippen molar-refractivity contribution in [2.24, 2.45) is 10.9 Å². The number of nitrogens with zero attached hydrogens (tertiary/aromatic N) is 5. The lowest BCUT2D eigenvalue weighted by atomic mass is 10.0. The van der Waals surface area contributed by atoms with Crippen LogP contribution in [-0.2, 0) is 4.74 Å². The van der Waals surface area contributed by atoms with Gasteiger partial charge in [-0.3, -0.25) is 4.79 Å². The molecular weight excluding hydrogens is 387 g/mol. The minimum absolute atomic E-state index is 0.180. The Hall–Kier alpha value is -3.23. The molecular formula is C21H23FN6O2. The van der Waals surface area contributed by atoms with E-state index in [2.05, 4.69) is 26.9 Å². The predicted molar refractivity (Wildman–Crippen MR) is 110 cm³/mol. The topological polar surface area (TPSA) is 84.1 Å². The van der Waals surface area contributed by atoms with Gasteiger partial charge in [0.1, 0.15) is 23.8 Å². The fraction of sp³-hybridized carbons (Fsp3) is 0.429. The fourth-order valence-corrected chi connectivity index (χ4v) is 4.58. The molecule has 30 heavy (non-hydrogen) atoms. The van der Waals surface area contributed by atoms with Crippen molar-refractivity contribution in [1.29, 1.82) is 0 Å². The van der Waals surface area contributed by atoms with Crippen LogP contribution in [0.1, 0.15) is 37.0 Å². The summed E-state index contributed by atoms with van der Waals surface area (Å²) < 4.78 is 20.9. The number of halogens is 1. The van der Waals surface area contributed by atoms with E-state index in [9.17, 15) is 9.18 Å². The molecule has 0 aromatic carbocycles. The van der Waals surface area contributed by atoms with Crippen LogP contribution < -0.4 is 10.2 Å². The molecule has 156 valence electrons. The zero-order valence-electron chi connectivity index (χ0n) is 16.9. The molecule has 1 saturated heterocycles. The second-order valence-corrected chi connectivity index (χ2v) is 8.19. The highest BCUT2D eigenvalue weighted by atomic mass is 19.1. The molecule has 8 nitrogen and oxygen atoms in total. The Bertz CT molecular complexity index is 1120. The van der Waals surface area contributed by atoms with Crippen LogP contribution in [0.2, 0.25) is 0 Å². The van der Waals surface area contributed by atoms with E-state index >= 15 is 0 Å². The summed E-state index contributed by atoms with van der Waals surface area (Å²) in [5.41, 5.74) is 1.28. The van der Waals surface area contributed by atoms with Gasteiger partial charge in [-0.15, -0.1) is 0 Å². The molecule has 2 aromatic heterocycles. The average molecular weight is 410 g/mol. The minimum Gasteiger partial charge on any atom is -0.475 e. The van der Waals surface area contributed by atoms with Gasteiger partial charge in [0.15, 0.2) is 5.65 Å². The molecule has 0 radical (unpaired) electrons. The van der Waals surface area contributed by atoms with Gasteiger partial charge in [0.25, 0.3) is 5.91 Å². The van der Waals surface area contributed by atoms with Crippen molar-refractivity contribution in [3.05, 3.63) is 48.2 Å². The Morgan fingerprint density at radius 3 is 3.13 bits per heavy atom. The predicted octanol–water partition coefficient (Wildman–Crippen LogP) is 2.63. The number of anilines is 1. The van der Waals surface area contributed by atoms with Crippen molar-refractivity contribution in [1.82, 2.24) is 19.9 Å². The van der Waals surface area contributed by atoms with Gasteiger partial charge in [0.2, 0.25) is 5.90 Å². The Balaban J connectivity index is 1.64. The van der Waals surface area contributed by atoms with E-state index in [1.807, 2.05) is 19.2 Å². The number of aliphatic imine (C=N–C) groups is 1. The summed E-state index contributed by atoms with van der Waals surface area (Å²) in [5, 5.41) is 7.15. The molecule has 3 atom stereocenters. The number of nitrogens with one attached hydrogen (secondary N) is 1. The monoisotopic (exact) mass is 410 g/mol. The number of allylic oxidation sites excluding steroid dienone is 1. The third-order valence-electron chi connectivity index (χ3n) is 6.12. The molecule has 4 heterocycles. The molecule has 1 saturated carbocycles. The fourth-order valence-electron chi connectivity index (χ4n) is 4.58. The van der Waals surface area contributed by atoms with Crippen LogP contribution in [0.25, 0.3) is 5.65 Å². The maximum Gasteiger partial charge on any atom is 0.257 e. The van der Waals surface area contributed by atoms with Crippen LogP contribution >= 0.6 is 0 Å². The molecule has 0 unspecified atom stereocenters. The van der Waals surface area contributed by atoms with Gasteiger partial charge in [0.05, 0.1) is 24.0 Å². The number of hydrogen-bond acceptors (Lipinski definition) is 6. The number of carbonyl (C=O) groups excluding carboxylic acids is 1. The second-order valence-electron chi connectivity index (χ2n) is 8.19. The first-order valence-corrected chi connectivity index (χ1v) is 10.1. The van der Waals surface area contributed by atoms with E-state index in [0.717, 1.165) is 37.0 Å². The quantitative estimate of drug-likeness (QED) is 0.781. The highest BCUT2D eigenvalue weighted by Gasteiger charge is 2.65. The average Bonchev–Trinajstić information content (AvgIpc) is 3.10. The summed E-state index contributed by atoms with van der Waals surface area (Å²) in [4.78, 5) is 24.0. The summed E-state index contributed by atoms with van der Waals surface area (Å²) in [6, 6.07) is 1.58. The van der Waals surface area contributed by atoms with Crippen molar-refractivity contribution in [2.45, 2.75) is 38.3 Å². The van der Waals surface area contributed by atoms with E-state index in [4.69, 9.17) is 9.72 Å². The lowest BCUT2D eigenvalue weighted by Crippen LogP contribution is -2.40. The summed E-state index contributed by atoms with van der Waals surface area (Å²) in [5.74, 6) is 0.769. The Kier molecular flexibility index (Phi) is 4.16. The van der Waals surface area contributed by atoms with Gasteiger partial charge in [-0.1, -0.05) is 6.58 Å². The lowest BCUT2D eigenvalue weighted by molar-refractivity contribution is 0.0926. The van der Waals surface area contributed by atoms with Crippen molar-refractivity contribution in [3.63, 3.8) is 0 Å². The standard InChI is InChI=1S/C21H23FN6O2/c1-12(22)9-23-20-14(3)21-8-15(21)4-6-27(21)17-5-7-28-18(26-17)16(10-24-28)19(29)25-13(2)11-30-20/h5,7,9-10,13,15H,3-4,6,8,11H2,1-2H3,(H,25,29)/b12-9+,23-20?/t13-,15+,21+/m1/s1. The molecule has 1 aliphatic carbocycles. The van der Waals surface area contributed by atoms with Crippen molar-refractivity contribution >= 4 is 23.3 Å². The minimum atomic E-state index is -0.420. The third kappa shape index (κ3) is 2.79. The molecule has 9 heteroatoms. The molecule has 2 aromatic rings. The maximum absolute atomic E-state index is 13.4. The molecule has 3 aliphatic rings. The van der Waals surface area contributed by atoms with E-state index in [0.29, 0.717) is 23.0 Å². The number of amides is 1. The van der Waals surface area contributed by atoms with Crippen LogP contribution in [0.4, 0.5) is 10.2 Å². The van der Waals surface area contributed by atoms with Gasteiger partial charge < -0.3 is 15.0 Å². The van der Waals surface area contributed by atoms with E-state index in [1.165, 1.54) is 13.1 Å². The summed E-state index contributed by atoms with van der Waals surface area (Å²) in [7, 11) is 0. The normalized spacial score (nSPS) is 30.3. The van der Waals surface area contributed by atoms with E-state index < -0.39 is 5.83 Å². The molecule has 1 spiro atoms. The van der Waals surface area contributed by atoms with Gasteiger partial charge in [-0.25, -0.2) is 18.9 Å². The first-order valence-electron chi connectivity index (χ1n) is 10.1. The molecule has 2 bridgehead atoms. The third-order valence-corrected chi connectivity index (χ3v) is 6.12. The number of rotatable bonds is 1. The second kappa shape index (κ2) is 6.65. The Labute approximate surface area is 173 Å². The summed E-state index contributed by atoms with van der Waals surface area (Å²) in [6.07, 6.45) is 6.38. The lowest BCUT2D eigenvalue weighted by Gasteiger charge is -2.31. The number of fused-ring (bicyclic) bond motifs is 2. The van der Waals surface area contributed by atoms with Crippen LogP contribution in [0, 0.1) is 5.92 Å². The highest BCUT2D eigenvalue weighted by Crippen LogP contribution is 2.60. The van der Waals surface area contributed by atoms with E-state index in [1.54, 1.807) is 4.52 Å². The van der Waals surface area contributed by atoms with Gasteiger partial charge in [-0.2, -0.15) is 5.10 Å².